The van der Waals surface area contributed by atoms with Gasteiger partial charge < -0.3 is 4.74 Å². The molecule has 0 bridgehead atoms. The van der Waals surface area contributed by atoms with Crippen LogP contribution in [0.2, 0.25) is 5.02 Å². The number of benzene rings is 1. The van der Waals surface area contributed by atoms with Crippen LogP contribution in [-0.2, 0) is 4.74 Å². The van der Waals surface area contributed by atoms with E-state index in [4.69, 9.17) is 11.6 Å². The lowest BCUT2D eigenvalue weighted by Gasteiger charge is -2.06. The lowest BCUT2D eigenvalue weighted by Crippen LogP contribution is -2.04. The maximum atomic E-state index is 13.2. The normalized spacial score (nSPS) is 10.2. The first-order chi connectivity index (χ1) is 8.61. The molecule has 0 atom stereocenters. The molecule has 2 rings (SSSR count). The number of hydrogen-bond acceptors (Lipinski definition) is 3. The largest absolute Gasteiger partial charge is 0.464 e. The number of esters is 1. The molecule has 2 aromatic rings. The molecule has 1 aromatic carbocycles. The summed E-state index contributed by atoms with van der Waals surface area (Å²) in [5.41, 5.74) is 1.24. The first kappa shape index (κ1) is 12.5. The molecule has 0 amide bonds. The summed E-state index contributed by atoms with van der Waals surface area (Å²) in [6.45, 7) is 0. The second-order valence-corrected chi connectivity index (χ2v) is 3.96. The zero-order valence-electron chi connectivity index (χ0n) is 9.48. The standard InChI is InChI=1S/C13H9ClFNO2/c1-18-13(17)12-6-10(11(14)7-16-12)8-3-2-4-9(15)5-8/h2-7H,1H3. The molecule has 18 heavy (non-hydrogen) atoms. The summed E-state index contributed by atoms with van der Waals surface area (Å²) in [4.78, 5) is 15.2. The van der Waals surface area contributed by atoms with E-state index in [0.717, 1.165) is 0 Å². The van der Waals surface area contributed by atoms with Gasteiger partial charge in [0.2, 0.25) is 0 Å². The number of halogens is 2. The van der Waals surface area contributed by atoms with Gasteiger partial charge in [-0.2, -0.15) is 0 Å². The SMILES string of the molecule is COC(=O)c1cc(-c2cccc(F)c2)c(Cl)cn1. The van der Waals surface area contributed by atoms with E-state index in [1.165, 1.54) is 31.5 Å². The van der Waals surface area contributed by atoms with Crippen molar-refractivity contribution in [2.45, 2.75) is 0 Å². The van der Waals surface area contributed by atoms with Crippen LogP contribution in [0.5, 0.6) is 0 Å². The summed E-state index contributed by atoms with van der Waals surface area (Å²) in [5, 5.41) is 0.341. The Labute approximate surface area is 108 Å². The van der Waals surface area contributed by atoms with E-state index < -0.39 is 5.97 Å². The van der Waals surface area contributed by atoms with Crippen LogP contribution < -0.4 is 0 Å². The molecule has 0 aliphatic heterocycles. The molecule has 0 saturated carbocycles. The number of nitrogens with zero attached hydrogens (tertiary/aromatic N) is 1. The number of hydrogen-bond donors (Lipinski definition) is 0. The smallest absolute Gasteiger partial charge is 0.356 e. The number of carbonyl (C=O) groups is 1. The van der Waals surface area contributed by atoms with E-state index in [-0.39, 0.29) is 11.5 Å². The molecule has 1 aromatic heterocycles. The average molecular weight is 266 g/mol. The summed E-state index contributed by atoms with van der Waals surface area (Å²) in [7, 11) is 1.26. The molecule has 0 unspecified atom stereocenters. The van der Waals surface area contributed by atoms with Gasteiger partial charge in [-0.25, -0.2) is 14.2 Å². The van der Waals surface area contributed by atoms with Crippen molar-refractivity contribution in [3.8, 4) is 11.1 Å². The Morgan fingerprint density at radius 1 is 1.39 bits per heavy atom. The number of carbonyl (C=O) groups excluding carboxylic acids is 1. The Kier molecular flexibility index (Phi) is 3.58. The van der Waals surface area contributed by atoms with Crippen molar-refractivity contribution in [3.63, 3.8) is 0 Å². The van der Waals surface area contributed by atoms with E-state index in [1.54, 1.807) is 12.1 Å². The fourth-order valence-corrected chi connectivity index (χ4v) is 1.74. The Balaban J connectivity index is 2.53. The summed E-state index contributed by atoms with van der Waals surface area (Å²) >= 11 is 5.99. The maximum Gasteiger partial charge on any atom is 0.356 e. The number of aromatic nitrogens is 1. The van der Waals surface area contributed by atoms with Crippen LogP contribution in [-0.4, -0.2) is 18.1 Å². The lowest BCUT2D eigenvalue weighted by molar-refractivity contribution is 0.0594. The van der Waals surface area contributed by atoms with E-state index in [0.29, 0.717) is 16.1 Å². The van der Waals surface area contributed by atoms with Crippen molar-refractivity contribution < 1.29 is 13.9 Å². The predicted molar refractivity (Wildman–Crippen MR) is 66.0 cm³/mol. The maximum absolute atomic E-state index is 13.2. The summed E-state index contributed by atoms with van der Waals surface area (Å²) in [5.74, 6) is -0.940. The van der Waals surface area contributed by atoms with Crippen LogP contribution in [0.3, 0.4) is 0 Å². The average Bonchev–Trinajstić information content (AvgIpc) is 2.38. The monoisotopic (exact) mass is 265 g/mol. The highest BCUT2D eigenvalue weighted by molar-refractivity contribution is 6.33. The van der Waals surface area contributed by atoms with Gasteiger partial charge in [0.15, 0.2) is 0 Å². The summed E-state index contributed by atoms with van der Waals surface area (Å²) < 4.78 is 17.7. The van der Waals surface area contributed by atoms with E-state index >= 15 is 0 Å². The highest BCUT2D eigenvalue weighted by Gasteiger charge is 2.12. The Morgan fingerprint density at radius 2 is 2.17 bits per heavy atom. The van der Waals surface area contributed by atoms with Gasteiger partial charge in [-0.05, 0) is 23.8 Å². The summed E-state index contributed by atoms with van der Waals surface area (Å²) in [6, 6.07) is 7.41. The molecular weight excluding hydrogens is 257 g/mol. The minimum atomic E-state index is -0.565. The van der Waals surface area contributed by atoms with Gasteiger partial charge in [-0.1, -0.05) is 23.7 Å². The molecule has 0 saturated heterocycles. The minimum Gasteiger partial charge on any atom is -0.464 e. The zero-order chi connectivity index (χ0) is 13.1. The molecule has 3 nitrogen and oxygen atoms in total. The van der Waals surface area contributed by atoms with Gasteiger partial charge in [0, 0.05) is 11.8 Å². The quantitative estimate of drug-likeness (QED) is 0.782. The Hall–Kier alpha value is -1.94. The van der Waals surface area contributed by atoms with Crippen molar-refractivity contribution in [3.05, 3.63) is 53.1 Å². The van der Waals surface area contributed by atoms with Crippen molar-refractivity contribution in [2.75, 3.05) is 7.11 Å². The fraction of sp³-hybridized carbons (Fsp3) is 0.0769. The highest BCUT2D eigenvalue weighted by Crippen LogP contribution is 2.28. The first-order valence-corrected chi connectivity index (χ1v) is 5.49. The number of methoxy groups -OCH3 is 1. The first-order valence-electron chi connectivity index (χ1n) is 5.11. The van der Waals surface area contributed by atoms with Crippen LogP contribution in [0, 0.1) is 5.82 Å². The third-order valence-corrected chi connectivity index (χ3v) is 2.69. The Bertz CT molecular complexity index is 601. The molecule has 5 heteroatoms. The number of pyridine rings is 1. The van der Waals surface area contributed by atoms with Gasteiger partial charge in [0.25, 0.3) is 0 Å². The third kappa shape index (κ3) is 2.49. The van der Waals surface area contributed by atoms with Crippen molar-refractivity contribution >= 4 is 17.6 Å². The van der Waals surface area contributed by atoms with Crippen LogP contribution in [0.15, 0.2) is 36.5 Å². The van der Waals surface area contributed by atoms with Crippen LogP contribution in [0.4, 0.5) is 4.39 Å². The number of ether oxygens (including phenoxy) is 1. The molecule has 0 fully saturated rings. The van der Waals surface area contributed by atoms with E-state index in [1.807, 2.05) is 0 Å². The molecule has 1 heterocycles. The molecule has 0 radical (unpaired) electrons. The van der Waals surface area contributed by atoms with Gasteiger partial charge >= 0.3 is 5.97 Å². The summed E-state index contributed by atoms with van der Waals surface area (Å²) in [6.07, 6.45) is 1.34. The topological polar surface area (TPSA) is 39.2 Å². The highest BCUT2D eigenvalue weighted by atomic mass is 35.5. The second kappa shape index (κ2) is 5.14. The van der Waals surface area contributed by atoms with Gasteiger partial charge in [0.05, 0.1) is 12.1 Å². The predicted octanol–water partition coefficient (Wildman–Crippen LogP) is 3.33. The molecular formula is C13H9ClFNO2. The third-order valence-electron chi connectivity index (χ3n) is 2.39. The van der Waals surface area contributed by atoms with Crippen LogP contribution in [0.1, 0.15) is 10.5 Å². The molecule has 0 N–H and O–H groups in total. The van der Waals surface area contributed by atoms with E-state index in [9.17, 15) is 9.18 Å². The minimum absolute atomic E-state index is 0.126. The van der Waals surface area contributed by atoms with Gasteiger partial charge in [-0.3, -0.25) is 0 Å². The number of rotatable bonds is 2. The van der Waals surface area contributed by atoms with Crippen LogP contribution >= 0.6 is 11.6 Å². The lowest BCUT2D eigenvalue weighted by atomic mass is 10.1. The van der Waals surface area contributed by atoms with Crippen molar-refractivity contribution in [2.24, 2.45) is 0 Å². The molecule has 0 spiro atoms. The molecule has 92 valence electrons. The second-order valence-electron chi connectivity index (χ2n) is 3.55. The molecule has 0 aliphatic carbocycles. The molecule has 0 aliphatic rings. The fourth-order valence-electron chi connectivity index (χ4n) is 1.53. The zero-order valence-corrected chi connectivity index (χ0v) is 10.2. The van der Waals surface area contributed by atoms with E-state index in [2.05, 4.69) is 9.72 Å². The Morgan fingerprint density at radius 3 is 2.83 bits per heavy atom. The van der Waals surface area contributed by atoms with Gasteiger partial charge in [-0.15, -0.1) is 0 Å². The van der Waals surface area contributed by atoms with Crippen LogP contribution in [0.25, 0.3) is 11.1 Å². The van der Waals surface area contributed by atoms with Crippen molar-refractivity contribution in [1.29, 1.82) is 0 Å². The van der Waals surface area contributed by atoms with Gasteiger partial charge in [0.1, 0.15) is 11.5 Å². The van der Waals surface area contributed by atoms with Crippen molar-refractivity contribution in [1.82, 2.24) is 4.98 Å².